The Labute approximate surface area is 211 Å². The van der Waals surface area contributed by atoms with Gasteiger partial charge in [0.2, 0.25) is 17.7 Å². The summed E-state index contributed by atoms with van der Waals surface area (Å²) < 4.78 is 21.0. The van der Waals surface area contributed by atoms with Crippen LogP contribution in [0, 0.1) is 18.2 Å². The van der Waals surface area contributed by atoms with Crippen molar-refractivity contribution in [3.05, 3.63) is 70.0 Å². The minimum absolute atomic E-state index is 0.119. The lowest BCUT2D eigenvalue weighted by Gasteiger charge is -2.59. The highest BCUT2D eigenvalue weighted by atomic mass is 19.1. The number of nitrogens with zero attached hydrogens (tertiary/aromatic N) is 2. The highest BCUT2D eigenvalue weighted by Crippen LogP contribution is 2.59. The number of rotatable bonds is 4. The Morgan fingerprint density at radius 2 is 1.95 bits per heavy atom. The van der Waals surface area contributed by atoms with Gasteiger partial charge in [0.1, 0.15) is 17.7 Å². The van der Waals surface area contributed by atoms with Crippen molar-refractivity contribution < 1.29 is 23.5 Å². The summed E-state index contributed by atoms with van der Waals surface area (Å²) in [6.07, 6.45) is 1.33. The maximum Gasteiger partial charge on any atom is 0.264 e. The van der Waals surface area contributed by atoms with Gasteiger partial charge in [-0.3, -0.25) is 29.1 Å². The average Bonchev–Trinajstić information content (AvgIpc) is 2.85. The summed E-state index contributed by atoms with van der Waals surface area (Å²) in [5.74, 6) is -1.19. The predicted molar refractivity (Wildman–Crippen MR) is 131 cm³/mol. The second-order valence-corrected chi connectivity index (χ2v) is 10.4. The van der Waals surface area contributed by atoms with Gasteiger partial charge in [-0.15, -0.1) is 0 Å². The van der Waals surface area contributed by atoms with E-state index in [0.717, 1.165) is 5.56 Å². The largest absolute Gasteiger partial charge is 0.379 e. The first kappa shape index (κ1) is 23.5. The van der Waals surface area contributed by atoms with Crippen molar-refractivity contribution in [2.75, 3.05) is 18.5 Å². The van der Waals surface area contributed by atoms with Crippen molar-refractivity contribution in [2.24, 2.45) is 5.41 Å². The van der Waals surface area contributed by atoms with Crippen LogP contribution < -0.4 is 16.2 Å². The standard InChI is InChI=1S/C27H25FN4O5/c1-15-29-18-6-3-7-19(22(18)24(35)32(15)20-8-9-21(33)31-23(20)34)30-25(36)27-11-26(12-27,13-37-14-27)16-4-2-5-17(28)10-16/h2-7,10,20H,8-9,11-14H2,1H3,(H,30,36)(H,31,33,34). The Morgan fingerprint density at radius 3 is 2.70 bits per heavy atom. The number of fused-ring (bicyclic) bond motifs is 3. The zero-order valence-electron chi connectivity index (χ0n) is 20.2. The molecule has 1 atom stereocenters. The van der Waals surface area contributed by atoms with Gasteiger partial charge in [-0.25, -0.2) is 9.37 Å². The van der Waals surface area contributed by atoms with Crippen LogP contribution in [0.1, 0.15) is 43.1 Å². The molecular weight excluding hydrogens is 479 g/mol. The zero-order valence-corrected chi connectivity index (χ0v) is 20.2. The highest BCUT2D eigenvalue weighted by Gasteiger charge is 2.62. The third kappa shape index (κ3) is 3.66. The molecular formula is C27H25FN4O5. The molecule has 1 unspecified atom stereocenters. The molecule has 4 fully saturated rings. The second kappa shape index (κ2) is 8.31. The predicted octanol–water partition coefficient (Wildman–Crippen LogP) is 2.51. The molecule has 37 heavy (non-hydrogen) atoms. The Kier molecular flexibility index (Phi) is 5.27. The molecule has 3 aromatic rings. The molecule has 190 valence electrons. The van der Waals surface area contributed by atoms with E-state index in [2.05, 4.69) is 15.6 Å². The van der Waals surface area contributed by atoms with Crippen LogP contribution in [0.25, 0.3) is 10.9 Å². The lowest BCUT2D eigenvalue weighted by atomic mass is 9.49. The fraction of sp³-hybridized carbons (Fsp3) is 0.370. The number of halogens is 1. The number of hydrogen-bond donors (Lipinski definition) is 2. The van der Waals surface area contributed by atoms with Crippen LogP contribution in [0.2, 0.25) is 0 Å². The molecule has 3 amide bonds. The van der Waals surface area contributed by atoms with Crippen LogP contribution in [0.5, 0.6) is 0 Å². The number of aromatic nitrogens is 2. The molecule has 4 heterocycles. The molecule has 2 N–H and O–H groups in total. The average molecular weight is 505 g/mol. The number of imide groups is 1. The number of carbonyl (C=O) groups is 3. The van der Waals surface area contributed by atoms with Gasteiger partial charge in [-0.2, -0.15) is 0 Å². The van der Waals surface area contributed by atoms with E-state index in [0.29, 0.717) is 36.5 Å². The van der Waals surface area contributed by atoms with E-state index in [9.17, 15) is 23.6 Å². The van der Waals surface area contributed by atoms with Gasteiger partial charge in [0.05, 0.1) is 35.2 Å². The van der Waals surface area contributed by atoms with Gasteiger partial charge in [-0.05, 0) is 56.0 Å². The first-order valence-electron chi connectivity index (χ1n) is 12.2. The quantitative estimate of drug-likeness (QED) is 0.527. The second-order valence-electron chi connectivity index (χ2n) is 10.4. The highest BCUT2D eigenvalue weighted by molar-refractivity contribution is 6.04. The maximum absolute atomic E-state index is 13.9. The fourth-order valence-corrected chi connectivity index (χ4v) is 6.23. The minimum Gasteiger partial charge on any atom is -0.379 e. The molecule has 1 aromatic heterocycles. The van der Waals surface area contributed by atoms with Crippen molar-refractivity contribution >= 4 is 34.3 Å². The topological polar surface area (TPSA) is 119 Å². The van der Waals surface area contributed by atoms with Gasteiger partial charge >= 0.3 is 0 Å². The SMILES string of the molecule is Cc1nc2cccc(NC(=O)C34COCC(c5cccc(F)c5)(C3)C4)c2c(=O)n1C1CCC(=O)NC1=O. The number of piperidine rings is 1. The van der Waals surface area contributed by atoms with Crippen LogP contribution >= 0.6 is 0 Å². The number of carbonyl (C=O) groups excluding carboxylic acids is 3. The third-order valence-electron chi connectivity index (χ3n) is 7.90. The molecule has 9 nitrogen and oxygen atoms in total. The first-order chi connectivity index (χ1) is 17.7. The van der Waals surface area contributed by atoms with E-state index in [1.54, 1.807) is 31.2 Å². The smallest absolute Gasteiger partial charge is 0.264 e. The lowest BCUT2D eigenvalue weighted by molar-refractivity contribution is -0.171. The van der Waals surface area contributed by atoms with E-state index in [-0.39, 0.29) is 42.5 Å². The molecule has 2 bridgehead atoms. The van der Waals surface area contributed by atoms with Gasteiger partial charge in [-0.1, -0.05) is 18.2 Å². The van der Waals surface area contributed by atoms with Crippen LogP contribution in [0.4, 0.5) is 10.1 Å². The summed E-state index contributed by atoms with van der Waals surface area (Å²) >= 11 is 0. The summed E-state index contributed by atoms with van der Waals surface area (Å²) in [5, 5.41) is 5.39. The first-order valence-corrected chi connectivity index (χ1v) is 12.2. The number of hydrogen-bond acceptors (Lipinski definition) is 6. The Hall–Kier alpha value is -3.92. The van der Waals surface area contributed by atoms with E-state index in [1.807, 2.05) is 6.07 Å². The summed E-state index contributed by atoms with van der Waals surface area (Å²) in [5.41, 5.74) is -0.185. The maximum atomic E-state index is 13.9. The third-order valence-corrected chi connectivity index (χ3v) is 7.90. The normalized spacial score (nSPS) is 26.9. The molecule has 1 saturated carbocycles. The lowest BCUT2D eigenvalue weighted by Crippen LogP contribution is -2.63. The van der Waals surface area contributed by atoms with Crippen molar-refractivity contribution in [3.63, 3.8) is 0 Å². The van der Waals surface area contributed by atoms with E-state index in [1.165, 1.54) is 16.7 Å². The Bertz CT molecular complexity index is 1540. The molecule has 3 saturated heterocycles. The summed E-state index contributed by atoms with van der Waals surface area (Å²) in [6.45, 7) is 2.28. The molecule has 0 spiro atoms. The number of ether oxygens (including phenoxy) is 1. The number of anilines is 1. The number of amides is 3. The van der Waals surface area contributed by atoms with Gasteiger partial charge in [0.25, 0.3) is 5.56 Å². The molecule has 10 heteroatoms. The molecule has 0 radical (unpaired) electrons. The van der Waals surface area contributed by atoms with Crippen molar-refractivity contribution in [3.8, 4) is 0 Å². The Morgan fingerprint density at radius 1 is 1.16 bits per heavy atom. The van der Waals surface area contributed by atoms with Crippen LogP contribution in [0.15, 0.2) is 47.3 Å². The van der Waals surface area contributed by atoms with Crippen molar-refractivity contribution in [2.45, 2.75) is 44.1 Å². The zero-order chi connectivity index (χ0) is 25.9. The fourth-order valence-electron chi connectivity index (χ4n) is 6.23. The van der Waals surface area contributed by atoms with E-state index >= 15 is 0 Å². The van der Waals surface area contributed by atoms with Crippen LogP contribution in [-0.4, -0.2) is 40.5 Å². The van der Waals surface area contributed by atoms with Crippen LogP contribution in [-0.2, 0) is 24.5 Å². The number of benzene rings is 2. The van der Waals surface area contributed by atoms with Crippen molar-refractivity contribution in [1.82, 2.24) is 14.9 Å². The number of aryl methyl sites for hydroxylation is 1. The Balaban J connectivity index is 1.33. The number of nitrogens with one attached hydrogen (secondary N) is 2. The molecule has 4 aliphatic rings. The molecule has 7 rings (SSSR count). The van der Waals surface area contributed by atoms with E-state index < -0.39 is 28.3 Å². The van der Waals surface area contributed by atoms with E-state index in [4.69, 9.17) is 4.74 Å². The molecule has 3 aliphatic heterocycles. The summed E-state index contributed by atoms with van der Waals surface area (Å²) in [7, 11) is 0. The van der Waals surface area contributed by atoms with Gasteiger partial charge in [0, 0.05) is 11.8 Å². The minimum atomic E-state index is -0.866. The van der Waals surface area contributed by atoms with Crippen LogP contribution in [0.3, 0.4) is 0 Å². The summed E-state index contributed by atoms with van der Waals surface area (Å²) in [6, 6.07) is 10.5. The summed E-state index contributed by atoms with van der Waals surface area (Å²) in [4.78, 5) is 55.9. The van der Waals surface area contributed by atoms with Crippen molar-refractivity contribution in [1.29, 1.82) is 0 Å². The molecule has 2 aromatic carbocycles. The van der Waals surface area contributed by atoms with Gasteiger partial charge in [0.15, 0.2) is 0 Å². The molecule has 1 aliphatic carbocycles. The monoisotopic (exact) mass is 504 g/mol. The van der Waals surface area contributed by atoms with Gasteiger partial charge < -0.3 is 10.1 Å².